The van der Waals surface area contributed by atoms with E-state index < -0.39 is 5.82 Å². The lowest BCUT2D eigenvalue weighted by molar-refractivity contribution is -0.118. The minimum atomic E-state index is -0.428. The molecule has 0 aromatic heterocycles. The molecule has 0 unspecified atom stereocenters. The maximum absolute atomic E-state index is 13.7. The summed E-state index contributed by atoms with van der Waals surface area (Å²) >= 11 is 1.61. The third-order valence-electron chi connectivity index (χ3n) is 2.24. The molecule has 1 aromatic rings. The molecule has 0 aliphatic heterocycles. The van der Waals surface area contributed by atoms with Gasteiger partial charge in [0.1, 0.15) is 5.78 Å². The van der Waals surface area contributed by atoms with Crippen molar-refractivity contribution in [1.82, 2.24) is 0 Å². The van der Waals surface area contributed by atoms with Crippen molar-refractivity contribution >= 4 is 17.5 Å². The first-order valence-corrected chi connectivity index (χ1v) is 6.40. The summed E-state index contributed by atoms with van der Waals surface area (Å²) < 4.78 is 18.5. The third-order valence-corrected chi connectivity index (χ3v) is 2.85. The van der Waals surface area contributed by atoms with Crippen LogP contribution in [-0.4, -0.2) is 24.9 Å². The molecule has 0 bridgehead atoms. The highest BCUT2D eigenvalue weighted by molar-refractivity contribution is 7.98. The Hall–Kier alpha value is -1.03. The standard InChI is InChI=1S/C12H15FO2S/c1-15-11-5-3-4-9(12(11)13)8-10(14)6-7-16-2/h3-5H,6-8H2,1-2H3. The average Bonchev–Trinajstić information content (AvgIpc) is 2.29. The normalized spacial score (nSPS) is 10.2. The van der Waals surface area contributed by atoms with Crippen LogP contribution in [-0.2, 0) is 11.2 Å². The van der Waals surface area contributed by atoms with Gasteiger partial charge in [0.25, 0.3) is 0 Å². The van der Waals surface area contributed by atoms with E-state index in [1.54, 1.807) is 30.0 Å². The Bertz CT molecular complexity index is 366. The number of hydrogen-bond acceptors (Lipinski definition) is 3. The van der Waals surface area contributed by atoms with E-state index in [2.05, 4.69) is 0 Å². The summed E-state index contributed by atoms with van der Waals surface area (Å²) in [5, 5.41) is 0. The van der Waals surface area contributed by atoms with Gasteiger partial charge in [0.2, 0.25) is 0 Å². The second-order valence-electron chi connectivity index (χ2n) is 3.39. The van der Waals surface area contributed by atoms with Gasteiger partial charge in [-0.15, -0.1) is 0 Å². The Kier molecular flexibility index (Phi) is 5.32. The number of halogens is 1. The number of rotatable bonds is 6. The fraction of sp³-hybridized carbons (Fsp3) is 0.417. The summed E-state index contributed by atoms with van der Waals surface area (Å²) in [7, 11) is 1.41. The van der Waals surface area contributed by atoms with Crippen molar-refractivity contribution in [2.45, 2.75) is 12.8 Å². The van der Waals surface area contributed by atoms with Crippen LogP contribution in [0, 0.1) is 5.82 Å². The van der Waals surface area contributed by atoms with E-state index in [-0.39, 0.29) is 18.0 Å². The topological polar surface area (TPSA) is 26.3 Å². The van der Waals surface area contributed by atoms with E-state index in [4.69, 9.17) is 4.74 Å². The van der Waals surface area contributed by atoms with E-state index in [0.717, 1.165) is 5.75 Å². The molecule has 88 valence electrons. The number of thioether (sulfide) groups is 1. The fourth-order valence-corrected chi connectivity index (χ4v) is 1.80. The minimum absolute atomic E-state index is 0.0569. The summed E-state index contributed by atoms with van der Waals surface area (Å²) in [6.45, 7) is 0. The maximum Gasteiger partial charge on any atom is 0.168 e. The zero-order valence-corrected chi connectivity index (χ0v) is 10.3. The molecule has 1 rings (SSSR count). The summed E-state index contributed by atoms with van der Waals surface area (Å²) in [5.41, 5.74) is 0.408. The molecule has 2 nitrogen and oxygen atoms in total. The van der Waals surface area contributed by atoms with Crippen LogP contribution in [0.5, 0.6) is 5.75 Å². The molecule has 0 aliphatic carbocycles. The molecule has 0 spiro atoms. The predicted octanol–water partition coefficient (Wildman–Crippen LogP) is 2.70. The number of ketones is 1. The van der Waals surface area contributed by atoms with Crippen LogP contribution >= 0.6 is 11.8 Å². The Balaban J connectivity index is 2.70. The molecular formula is C12H15FO2S. The fourth-order valence-electron chi connectivity index (χ4n) is 1.37. The van der Waals surface area contributed by atoms with Gasteiger partial charge in [0.05, 0.1) is 7.11 Å². The lowest BCUT2D eigenvalue weighted by atomic mass is 10.1. The van der Waals surface area contributed by atoms with Gasteiger partial charge in [-0.3, -0.25) is 4.79 Å². The van der Waals surface area contributed by atoms with Crippen LogP contribution in [0.3, 0.4) is 0 Å². The van der Waals surface area contributed by atoms with Gasteiger partial charge in [-0.25, -0.2) is 4.39 Å². The van der Waals surface area contributed by atoms with E-state index in [0.29, 0.717) is 12.0 Å². The zero-order chi connectivity index (χ0) is 12.0. The van der Waals surface area contributed by atoms with Crippen LogP contribution in [0.15, 0.2) is 18.2 Å². The molecule has 0 N–H and O–H groups in total. The highest BCUT2D eigenvalue weighted by Crippen LogP contribution is 2.20. The number of benzene rings is 1. The monoisotopic (exact) mass is 242 g/mol. The van der Waals surface area contributed by atoms with E-state index in [1.807, 2.05) is 6.26 Å². The van der Waals surface area contributed by atoms with Gasteiger partial charge in [-0.2, -0.15) is 11.8 Å². The Morgan fingerprint density at radius 2 is 2.25 bits per heavy atom. The Morgan fingerprint density at radius 1 is 1.50 bits per heavy atom. The molecular weight excluding hydrogens is 227 g/mol. The minimum Gasteiger partial charge on any atom is -0.494 e. The molecule has 0 heterocycles. The maximum atomic E-state index is 13.7. The van der Waals surface area contributed by atoms with Crippen molar-refractivity contribution in [2.24, 2.45) is 0 Å². The van der Waals surface area contributed by atoms with Crippen LogP contribution < -0.4 is 4.74 Å². The summed E-state index contributed by atoms with van der Waals surface area (Å²) in [6.07, 6.45) is 2.57. The van der Waals surface area contributed by atoms with E-state index in [1.165, 1.54) is 7.11 Å². The van der Waals surface area contributed by atoms with Crippen molar-refractivity contribution in [3.63, 3.8) is 0 Å². The number of Topliss-reactive ketones (excluding diaryl/α,β-unsaturated/α-hetero) is 1. The highest BCUT2D eigenvalue weighted by Gasteiger charge is 2.11. The molecule has 0 amide bonds. The van der Waals surface area contributed by atoms with Gasteiger partial charge < -0.3 is 4.74 Å². The summed E-state index contributed by atoms with van der Waals surface area (Å²) in [6, 6.07) is 4.86. The quantitative estimate of drug-likeness (QED) is 0.767. The molecule has 0 saturated carbocycles. The number of ether oxygens (including phenoxy) is 1. The molecule has 0 atom stereocenters. The molecule has 0 saturated heterocycles. The first-order chi connectivity index (χ1) is 7.69. The predicted molar refractivity (Wildman–Crippen MR) is 64.7 cm³/mol. The zero-order valence-electron chi connectivity index (χ0n) is 9.46. The number of hydrogen-bond donors (Lipinski definition) is 0. The van der Waals surface area contributed by atoms with Gasteiger partial charge in [-0.1, -0.05) is 12.1 Å². The lowest BCUT2D eigenvalue weighted by Gasteiger charge is -2.06. The van der Waals surface area contributed by atoms with Crippen molar-refractivity contribution < 1.29 is 13.9 Å². The van der Waals surface area contributed by atoms with E-state index >= 15 is 0 Å². The SMILES string of the molecule is COc1cccc(CC(=O)CCSC)c1F. The van der Waals surface area contributed by atoms with Crippen LogP contribution in [0.2, 0.25) is 0 Å². The molecule has 0 aliphatic rings. The summed E-state index contributed by atoms with van der Waals surface area (Å²) in [5.74, 6) is 0.601. The largest absolute Gasteiger partial charge is 0.494 e. The van der Waals surface area contributed by atoms with Gasteiger partial charge in [0, 0.05) is 12.8 Å². The molecule has 4 heteroatoms. The van der Waals surface area contributed by atoms with Crippen molar-refractivity contribution in [1.29, 1.82) is 0 Å². The van der Waals surface area contributed by atoms with Gasteiger partial charge in [-0.05, 0) is 23.6 Å². The smallest absolute Gasteiger partial charge is 0.168 e. The third kappa shape index (κ3) is 3.52. The second-order valence-corrected chi connectivity index (χ2v) is 4.38. The molecule has 0 fully saturated rings. The van der Waals surface area contributed by atoms with Crippen molar-refractivity contribution in [3.05, 3.63) is 29.6 Å². The van der Waals surface area contributed by atoms with Crippen LogP contribution in [0.25, 0.3) is 0 Å². The van der Waals surface area contributed by atoms with Crippen LogP contribution in [0.1, 0.15) is 12.0 Å². The number of carbonyl (C=O) groups excluding carboxylic acids is 1. The molecule has 1 aromatic carbocycles. The summed E-state index contributed by atoms with van der Waals surface area (Å²) in [4.78, 5) is 11.5. The van der Waals surface area contributed by atoms with Gasteiger partial charge in [0.15, 0.2) is 11.6 Å². The first-order valence-electron chi connectivity index (χ1n) is 5.01. The second kappa shape index (κ2) is 6.53. The van der Waals surface area contributed by atoms with Crippen LogP contribution in [0.4, 0.5) is 4.39 Å². The van der Waals surface area contributed by atoms with Gasteiger partial charge >= 0.3 is 0 Å². The Morgan fingerprint density at radius 3 is 2.88 bits per heavy atom. The first kappa shape index (κ1) is 13.0. The molecule has 0 radical (unpaired) electrons. The number of carbonyl (C=O) groups is 1. The lowest BCUT2D eigenvalue weighted by Crippen LogP contribution is -2.06. The Labute approximate surface area is 99.2 Å². The number of methoxy groups -OCH3 is 1. The average molecular weight is 242 g/mol. The highest BCUT2D eigenvalue weighted by atomic mass is 32.2. The van der Waals surface area contributed by atoms with Crippen molar-refractivity contribution in [3.8, 4) is 5.75 Å². The van der Waals surface area contributed by atoms with E-state index in [9.17, 15) is 9.18 Å². The van der Waals surface area contributed by atoms with Crippen molar-refractivity contribution in [2.75, 3.05) is 19.1 Å². The molecule has 16 heavy (non-hydrogen) atoms.